The molecule has 0 N–H and O–H groups in total. The van der Waals surface area contributed by atoms with Crippen LogP contribution in [-0.2, 0) is 25.5 Å². The van der Waals surface area contributed by atoms with Crippen molar-refractivity contribution in [2.45, 2.75) is 97.3 Å². The van der Waals surface area contributed by atoms with Crippen LogP contribution in [0.25, 0.3) is 11.0 Å². The molecule has 3 aliphatic rings. The van der Waals surface area contributed by atoms with Crippen LogP contribution in [0.1, 0.15) is 78.8 Å². The van der Waals surface area contributed by atoms with Crippen molar-refractivity contribution in [1.29, 1.82) is 0 Å². The molecular formula is C31H40ClN3O5. The second-order valence-corrected chi connectivity index (χ2v) is 13.6. The normalized spacial score (nSPS) is 31.9. The standard InChI is InChI=1S/C31H40ClN3O5/c1-18-25(17-36)35-16-26(18)39-28-23(33-22-12-11-20(32)13-24(22)34-28)10-8-6-7-9-19-15-31(19,5)40-27(37)14-21(29(35)38)30(2,3)4/h11-13,17-19,21,25-26H,6-10,14-16H2,1-5H3/t18-,19+,21+,25+,26-,31+/m0/s1. The lowest BCUT2D eigenvalue weighted by Crippen LogP contribution is -2.46. The lowest BCUT2D eigenvalue weighted by atomic mass is 9.77. The Kier molecular flexibility index (Phi) is 7.85. The highest BCUT2D eigenvalue weighted by molar-refractivity contribution is 6.31. The Labute approximate surface area is 241 Å². The molecule has 0 radical (unpaired) electrons. The molecule has 1 aromatic heterocycles. The topological polar surface area (TPSA) is 98.7 Å². The summed E-state index contributed by atoms with van der Waals surface area (Å²) in [5.41, 5.74) is 1.19. The molecule has 1 saturated heterocycles. The maximum absolute atomic E-state index is 14.0. The molecule has 2 fully saturated rings. The Bertz CT molecular complexity index is 1310. The van der Waals surface area contributed by atoms with Crippen LogP contribution in [0.2, 0.25) is 5.02 Å². The molecule has 1 amide bonds. The van der Waals surface area contributed by atoms with Crippen LogP contribution in [0.3, 0.4) is 0 Å². The monoisotopic (exact) mass is 569 g/mol. The Hall–Kier alpha value is -2.74. The van der Waals surface area contributed by atoms with Crippen LogP contribution in [-0.4, -0.2) is 57.3 Å². The third-order valence-corrected chi connectivity index (χ3v) is 9.33. The summed E-state index contributed by atoms with van der Waals surface area (Å²) < 4.78 is 12.4. The Morgan fingerprint density at radius 1 is 1.12 bits per heavy atom. The van der Waals surface area contributed by atoms with E-state index in [1.54, 1.807) is 17.0 Å². The number of ether oxygens (including phenoxy) is 2. The van der Waals surface area contributed by atoms with Crippen LogP contribution in [0.5, 0.6) is 5.88 Å². The van der Waals surface area contributed by atoms with Gasteiger partial charge in [0.25, 0.3) is 0 Å². The molecule has 1 aliphatic carbocycles. The van der Waals surface area contributed by atoms with Crippen molar-refractivity contribution in [2.75, 3.05) is 6.54 Å². The van der Waals surface area contributed by atoms with Gasteiger partial charge in [-0.15, -0.1) is 0 Å². The largest absolute Gasteiger partial charge is 0.471 e. The van der Waals surface area contributed by atoms with Gasteiger partial charge >= 0.3 is 5.97 Å². The van der Waals surface area contributed by atoms with Crippen molar-refractivity contribution in [1.82, 2.24) is 14.9 Å². The third kappa shape index (κ3) is 5.83. The molecule has 2 aliphatic heterocycles. The highest BCUT2D eigenvalue weighted by atomic mass is 35.5. The van der Waals surface area contributed by atoms with Crippen molar-refractivity contribution in [3.05, 3.63) is 28.9 Å². The average Bonchev–Trinajstić information content (AvgIpc) is 3.40. The van der Waals surface area contributed by atoms with Crippen molar-refractivity contribution < 1.29 is 23.9 Å². The molecule has 3 heterocycles. The van der Waals surface area contributed by atoms with Gasteiger partial charge in [-0.2, -0.15) is 0 Å². The first-order chi connectivity index (χ1) is 18.9. The molecule has 2 aromatic rings. The molecule has 1 saturated carbocycles. The zero-order chi connectivity index (χ0) is 28.8. The van der Waals surface area contributed by atoms with Crippen molar-refractivity contribution in [3.8, 4) is 5.88 Å². The molecule has 1 aromatic carbocycles. The summed E-state index contributed by atoms with van der Waals surface area (Å²) in [5.74, 6) is -0.718. The number of benzene rings is 1. The second kappa shape index (κ2) is 10.9. The number of nitrogens with zero attached hydrogens (tertiary/aromatic N) is 3. The van der Waals surface area contributed by atoms with E-state index < -0.39 is 29.1 Å². The smallest absolute Gasteiger partial charge is 0.307 e. The highest BCUT2D eigenvalue weighted by Gasteiger charge is 2.54. The summed E-state index contributed by atoms with van der Waals surface area (Å²) in [7, 11) is 0. The fourth-order valence-electron chi connectivity index (χ4n) is 6.27. The number of amides is 1. The van der Waals surface area contributed by atoms with Gasteiger partial charge in [0.2, 0.25) is 11.8 Å². The highest BCUT2D eigenvalue weighted by Crippen LogP contribution is 2.50. The van der Waals surface area contributed by atoms with Gasteiger partial charge in [-0.1, -0.05) is 52.1 Å². The number of fused-ring (bicyclic) bond motifs is 5. The minimum absolute atomic E-state index is 0.0202. The number of carbonyl (C=O) groups excluding carboxylic acids is 3. The van der Waals surface area contributed by atoms with Gasteiger partial charge in [0.05, 0.1) is 36.0 Å². The summed E-state index contributed by atoms with van der Waals surface area (Å²) in [6.07, 6.45) is 5.84. The van der Waals surface area contributed by atoms with Crippen LogP contribution >= 0.6 is 11.6 Å². The minimum Gasteiger partial charge on any atom is -0.471 e. The lowest BCUT2D eigenvalue weighted by Gasteiger charge is -2.34. The second-order valence-electron chi connectivity index (χ2n) is 13.2. The van der Waals surface area contributed by atoms with E-state index in [0.717, 1.165) is 49.6 Å². The van der Waals surface area contributed by atoms with Crippen molar-refractivity contribution in [3.63, 3.8) is 0 Å². The first-order valence-corrected chi connectivity index (χ1v) is 14.9. The SMILES string of the molecule is C[C@@H]1[C@@H]2CN(C(=O)[C@H](C(C)(C)C)CC(=O)O[C@]3(C)C[C@H]3CCCCCc3nc4ccc(Cl)cc4nc3O2)[C@@H]1C=O. The Morgan fingerprint density at radius 2 is 1.90 bits per heavy atom. The van der Waals surface area contributed by atoms with Gasteiger partial charge in [0, 0.05) is 16.9 Å². The minimum atomic E-state index is -0.669. The van der Waals surface area contributed by atoms with Crippen molar-refractivity contribution >= 4 is 40.8 Å². The van der Waals surface area contributed by atoms with E-state index in [0.29, 0.717) is 28.8 Å². The molecule has 8 nitrogen and oxygen atoms in total. The zero-order valence-corrected chi connectivity index (χ0v) is 24.9. The van der Waals surface area contributed by atoms with E-state index in [9.17, 15) is 14.4 Å². The number of esters is 1. The Morgan fingerprint density at radius 3 is 2.62 bits per heavy atom. The van der Waals surface area contributed by atoms with Gasteiger partial charge in [-0.05, 0) is 56.2 Å². The van der Waals surface area contributed by atoms with Crippen LogP contribution in [0, 0.1) is 23.2 Å². The first-order valence-electron chi connectivity index (χ1n) is 14.5. The number of hydrogen-bond donors (Lipinski definition) is 0. The number of aryl methyl sites for hydroxylation is 1. The van der Waals surface area contributed by atoms with Gasteiger partial charge < -0.3 is 19.2 Å². The quantitative estimate of drug-likeness (QED) is 0.327. The van der Waals surface area contributed by atoms with Crippen LogP contribution in [0.15, 0.2) is 18.2 Å². The molecule has 40 heavy (non-hydrogen) atoms. The number of rotatable bonds is 1. The van der Waals surface area contributed by atoms with E-state index in [4.69, 9.17) is 31.0 Å². The fraction of sp³-hybridized carbons (Fsp3) is 0.645. The zero-order valence-electron chi connectivity index (χ0n) is 24.1. The van der Waals surface area contributed by atoms with Crippen molar-refractivity contribution in [2.24, 2.45) is 23.2 Å². The molecule has 2 bridgehead atoms. The van der Waals surface area contributed by atoms with Gasteiger partial charge in [0.1, 0.15) is 23.7 Å². The maximum atomic E-state index is 14.0. The lowest BCUT2D eigenvalue weighted by molar-refractivity contribution is -0.158. The van der Waals surface area contributed by atoms with E-state index in [1.165, 1.54) is 0 Å². The first kappa shape index (κ1) is 28.8. The number of aromatic nitrogens is 2. The Balaban J connectivity index is 1.50. The maximum Gasteiger partial charge on any atom is 0.307 e. The number of halogens is 1. The predicted octanol–water partition coefficient (Wildman–Crippen LogP) is 5.57. The van der Waals surface area contributed by atoms with Gasteiger partial charge in [-0.25, -0.2) is 9.97 Å². The summed E-state index contributed by atoms with van der Waals surface area (Å²) in [4.78, 5) is 50.7. The predicted molar refractivity (Wildman–Crippen MR) is 152 cm³/mol. The van der Waals surface area contributed by atoms with E-state index >= 15 is 0 Å². The van der Waals surface area contributed by atoms with Gasteiger partial charge in [-0.3, -0.25) is 9.59 Å². The fourth-order valence-corrected chi connectivity index (χ4v) is 6.43. The van der Waals surface area contributed by atoms with Crippen LogP contribution in [0.4, 0.5) is 0 Å². The molecule has 9 heteroatoms. The summed E-state index contributed by atoms with van der Waals surface area (Å²) in [6.45, 7) is 9.97. The van der Waals surface area contributed by atoms with E-state index in [-0.39, 0.29) is 30.8 Å². The molecule has 6 atom stereocenters. The van der Waals surface area contributed by atoms with Crippen LogP contribution < -0.4 is 4.74 Å². The van der Waals surface area contributed by atoms with E-state index in [1.807, 2.05) is 40.7 Å². The summed E-state index contributed by atoms with van der Waals surface area (Å²) in [5, 5.41) is 0.563. The number of hydrogen-bond acceptors (Lipinski definition) is 7. The molecule has 0 unspecified atom stereocenters. The number of carbonyl (C=O) groups is 3. The molecule has 5 rings (SSSR count). The van der Waals surface area contributed by atoms with E-state index in [2.05, 4.69) is 0 Å². The molecule has 216 valence electrons. The summed E-state index contributed by atoms with van der Waals surface area (Å²) in [6, 6.07) is 4.76. The number of aldehydes is 1. The molecular weight excluding hydrogens is 530 g/mol. The average molecular weight is 570 g/mol. The third-order valence-electron chi connectivity index (χ3n) is 9.09. The van der Waals surface area contributed by atoms with Gasteiger partial charge in [0.15, 0.2) is 0 Å². The molecule has 0 spiro atoms. The summed E-state index contributed by atoms with van der Waals surface area (Å²) >= 11 is 6.24.